The second kappa shape index (κ2) is 5.17. The van der Waals surface area contributed by atoms with Crippen molar-refractivity contribution in [3.8, 4) is 0 Å². The van der Waals surface area contributed by atoms with Gasteiger partial charge in [0.25, 0.3) is 5.91 Å². The lowest BCUT2D eigenvalue weighted by Gasteiger charge is -2.17. The number of amides is 1. The van der Waals surface area contributed by atoms with Gasteiger partial charge in [0.1, 0.15) is 0 Å². The fraction of sp³-hybridized carbons (Fsp3) is 0.286. The van der Waals surface area contributed by atoms with Gasteiger partial charge in [-0.1, -0.05) is 12.1 Å². The van der Waals surface area contributed by atoms with E-state index in [1.807, 2.05) is 0 Å². The van der Waals surface area contributed by atoms with Crippen LogP contribution in [0.5, 0.6) is 0 Å². The lowest BCUT2D eigenvalue weighted by atomic mass is 10.1. The van der Waals surface area contributed by atoms with Crippen LogP contribution in [0.1, 0.15) is 23.0 Å². The molecule has 0 saturated carbocycles. The molecule has 0 aliphatic heterocycles. The van der Waals surface area contributed by atoms with Gasteiger partial charge >= 0.3 is 5.97 Å². The smallest absolute Gasteiger partial charge is 0.337 e. The van der Waals surface area contributed by atoms with Gasteiger partial charge < -0.3 is 19.9 Å². The van der Waals surface area contributed by atoms with Crippen LogP contribution in [0.2, 0.25) is 0 Å². The molecule has 1 atom stereocenters. The van der Waals surface area contributed by atoms with Crippen molar-refractivity contribution in [2.75, 3.05) is 6.54 Å². The Bertz CT molecular complexity index is 719. The zero-order chi connectivity index (χ0) is 15.8. The van der Waals surface area contributed by atoms with Gasteiger partial charge in [-0.25, -0.2) is 9.18 Å². The van der Waals surface area contributed by atoms with E-state index in [-0.39, 0.29) is 11.3 Å². The van der Waals surface area contributed by atoms with Crippen molar-refractivity contribution in [2.45, 2.75) is 19.4 Å². The number of aliphatic carboxylic acids is 1. The van der Waals surface area contributed by atoms with Crippen LogP contribution >= 0.6 is 0 Å². The number of furan rings is 1. The maximum Gasteiger partial charge on any atom is 0.337 e. The highest BCUT2D eigenvalue weighted by atomic mass is 19.1. The van der Waals surface area contributed by atoms with Crippen molar-refractivity contribution in [1.29, 1.82) is 0 Å². The summed E-state index contributed by atoms with van der Waals surface area (Å²) < 4.78 is 18.8. The van der Waals surface area contributed by atoms with Crippen LogP contribution in [0.25, 0.3) is 11.0 Å². The van der Waals surface area contributed by atoms with E-state index in [2.05, 4.69) is 5.32 Å². The van der Waals surface area contributed by atoms with Gasteiger partial charge in [0, 0.05) is 10.9 Å². The number of carbonyl (C=O) groups is 2. The second-order valence-electron chi connectivity index (χ2n) is 4.93. The molecule has 0 aliphatic rings. The minimum absolute atomic E-state index is 0.0369. The Hall–Kier alpha value is -2.41. The zero-order valence-electron chi connectivity index (χ0n) is 11.4. The van der Waals surface area contributed by atoms with E-state index < -0.39 is 29.8 Å². The minimum atomic E-state index is -2.10. The molecular formula is C14H14FNO5. The van der Waals surface area contributed by atoms with Crippen LogP contribution in [-0.4, -0.2) is 34.2 Å². The molecule has 7 heteroatoms. The molecule has 21 heavy (non-hydrogen) atoms. The molecule has 1 unspecified atom stereocenters. The summed E-state index contributed by atoms with van der Waals surface area (Å²) in [6, 6.07) is 4.32. The summed E-state index contributed by atoms with van der Waals surface area (Å²) in [6.07, 6.45) is 0. The number of benzene rings is 1. The molecule has 1 heterocycles. The molecule has 6 nitrogen and oxygen atoms in total. The molecule has 1 amide bonds. The number of halogens is 1. The molecule has 3 N–H and O–H groups in total. The third kappa shape index (κ3) is 2.73. The predicted molar refractivity (Wildman–Crippen MR) is 71.5 cm³/mol. The number of carboxylic acids is 1. The van der Waals surface area contributed by atoms with Gasteiger partial charge in [-0.2, -0.15) is 0 Å². The first-order valence-corrected chi connectivity index (χ1v) is 6.15. The fourth-order valence-electron chi connectivity index (χ4n) is 1.83. The van der Waals surface area contributed by atoms with Crippen LogP contribution in [-0.2, 0) is 4.79 Å². The molecule has 0 saturated heterocycles. The number of nitrogens with one attached hydrogen (secondary N) is 1. The van der Waals surface area contributed by atoms with Crippen molar-refractivity contribution in [3.05, 3.63) is 35.3 Å². The number of hydrogen-bond acceptors (Lipinski definition) is 4. The Labute approximate surface area is 119 Å². The number of aryl methyl sites for hydroxylation is 1. The van der Waals surface area contributed by atoms with E-state index in [0.29, 0.717) is 10.9 Å². The fourth-order valence-corrected chi connectivity index (χ4v) is 1.83. The highest BCUT2D eigenvalue weighted by molar-refractivity contribution is 5.99. The minimum Gasteiger partial charge on any atom is -0.479 e. The molecule has 0 radical (unpaired) electrons. The molecule has 1 aromatic heterocycles. The maximum atomic E-state index is 13.6. The first-order chi connectivity index (χ1) is 9.74. The van der Waals surface area contributed by atoms with Gasteiger partial charge in [0.15, 0.2) is 22.8 Å². The number of carbonyl (C=O) groups excluding carboxylic acids is 1. The topological polar surface area (TPSA) is 99.8 Å². The predicted octanol–water partition coefficient (Wildman–Crippen LogP) is 1.45. The highest BCUT2D eigenvalue weighted by Crippen LogP contribution is 2.27. The van der Waals surface area contributed by atoms with E-state index >= 15 is 0 Å². The van der Waals surface area contributed by atoms with Crippen LogP contribution < -0.4 is 5.32 Å². The summed E-state index contributed by atoms with van der Waals surface area (Å²) in [4.78, 5) is 22.7. The van der Waals surface area contributed by atoms with Crippen molar-refractivity contribution in [1.82, 2.24) is 5.32 Å². The van der Waals surface area contributed by atoms with Crippen LogP contribution in [0.3, 0.4) is 0 Å². The van der Waals surface area contributed by atoms with Crippen molar-refractivity contribution >= 4 is 22.8 Å². The van der Waals surface area contributed by atoms with Crippen molar-refractivity contribution in [3.63, 3.8) is 0 Å². The van der Waals surface area contributed by atoms with E-state index in [4.69, 9.17) is 9.52 Å². The molecular weight excluding hydrogens is 281 g/mol. The largest absolute Gasteiger partial charge is 0.479 e. The Kier molecular flexibility index (Phi) is 3.69. The summed E-state index contributed by atoms with van der Waals surface area (Å²) in [5.74, 6) is -2.89. The molecule has 2 aromatic rings. The van der Waals surface area contributed by atoms with Gasteiger partial charge in [-0.15, -0.1) is 0 Å². The average molecular weight is 295 g/mol. The Balaban J connectivity index is 2.27. The molecule has 112 valence electrons. The van der Waals surface area contributed by atoms with E-state index in [1.54, 1.807) is 13.0 Å². The Morgan fingerprint density at radius 2 is 2.10 bits per heavy atom. The lowest BCUT2D eigenvalue weighted by Crippen LogP contribution is -2.46. The molecule has 2 rings (SSSR count). The quantitative estimate of drug-likeness (QED) is 0.792. The number of para-hydroxylation sites is 1. The molecule has 0 fully saturated rings. The number of fused-ring (bicyclic) bond motifs is 1. The number of rotatable bonds is 4. The van der Waals surface area contributed by atoms with Crippen molar-refractivity contribution < 1.29 is 28.6 Å². The maximum absolute atomic E-state index is 13.6. The second-order valence-corrected chi connectivity index (χ2v) is 4.93. The van der Waals surface area contributed by atoms with Gasteiger partial charge in [-0.05, 0) is 19.9 Å². The summed E-state index contributed by atoms with van der Waals surface area (Å²) in [5.41, 5.74) is -1.69. The molecule has 0 bridgehead atoms. The monoisotopic (exact) mass is 295 g/mol. The first kappa shape index (κ1) is 15.0. The van der Waals surface area contributed by atoms with E-state index in [1.165, 1.54) is 12.1 Å². The third-order valence-corrected chi connectivity index (χ3v) is 3.18. The van der Waals surface area contributed by atoms with E-state index in [9.17, 15) is 19.1 Å². The van der Waals surface area contributed by atoms with Crippen molar-refractivity contribution in [2.24, 2.45) is 0 Å². The van der Waals surface area contributed by atoms with Crippen LogP contribution in [0.4, 0.5) is 4.39 Å². The normalized spacial score (nSPS) is 13.9. The van der Waals surface area contributed by atoms with Gasteiger partial charge in [0.05, 0.1) is 6.54 Å². The van der Waals surface area contributed by atoms with E-state index in [0.717, 1.165) is 6.92 Å². The SMILES string of the molecule is Cc1c(C(=O)NCC(C)(O)C(=O)O)oc2c(F)cccc12. The lowest BCUT2D eigenvalue weighted by molar-refractivity contribution is -0.155. The summed E-state index contributed by atoms with van der Waals surface area (Å²) >= 11 is 0. The van der Waals surface area contributed by atoms with Crippen LogP contribution in [0.15, 0.2) is 22.6 Å². The first-order valence-electron chi connectivity index (χ1n) is 6.15. The summed E-state index contributed by atoms with van der Waals surface area (Å²) in [5, 5.41) is 21.0. The highest BCUT2D eigenvalue weighted by Gasteiger charge is 2.31. The number of aliphatic hydroxyl groups is 1. The Morgan fingerprint density at radius 1 is 1.43 bits per heavy atom. The summed E-state index contributed by atoms with van der Waals surface area (Å²) in [7, 11) is 0. The molecule has 0 aliphatic carbocycles. The average Bonchev–Trinajstić information content (AvgIpc) is 2.75. The van der Waals surface area contributed by atoms with Crippen LogP contribution in [0, 0.1) is 12.7 Å². The third-order valence-electron chi connectivity index (χ3n) is 3.18. The van der Waals surface area contributed by atoms with Gasteiger partial charge in [-0.3, -0.25) is 4.79 Å². The van der Waals surface area contributed by atoms with Gasteiger partial charge in [0.2, 0.25) is 0 Å². The number of hydrogen-bond donors (Lipinski definition) is 3. The number of carboxylic acid groups (broad SMARTS) is 1. The molecule has 1 aromatic carbocycles. The molecule has 0 spiro atoms. The standard InChI is InChI=1S/C14H14FNO5/c1-7-8-4-3-5-9(15)11(8)21-10(7)12(17)16-6-14(2,20)13(18)19/h3-5,20H,6H2,1-2H3,(H,16,17)(H,18,19). The zero-order valence-corrected chi connectivity index (χ0v) is 11.4. The summed E-state index contributed by atoms with van der Waals surface area (Å²) in [6.45, 7) is 2.15. The Morgan fingerprint density at radius 3 is 2.67 bits per heavy atom.